The summed E-state index contributed by atoms with van der Waals surface area (Å²) in [6, 6.07) is 10.6. The van der Waals surface area contributed by atoms with Gasteiger partial charge in [0, 0.05) is 23.3 Å². The first-order valence-corrected chi connectivity index (χ1v) is 6.58. The average molecular weight is 256 g/mol. The number of hydrogen-bond acceptors (Lipinski definition) is 2. The number of halogens is 1. The topological polar surface area (TPSA) is 38.9 Å². The van der Waals surface area contributed by atoms with Gasteiger partial charge >= 0.3 is 0 Å². The fraction of sp³-hybridized carbons (Fsp3) is 0.312. The van der Waals surface area contributed by atoms with E-state index >= 15 is 0 Å². The molecule has 0 amide bonds. The molecule has 2 N–H and O–H groups in total. The Morgan fingerprint density at radius 1 is 1.26 bits per heavy atom. The van der Waals surface area contributed by atoms with Gasteiger partial charge in [-0.05, 0) is 49.1 Å². The summed E-state index contributed by atoms with van der Waals surface area (Å²) in [6.07, 6.45) is 3.83. The van der Waals surface area contributed by atoms with Gasteiger partial charge in [-0.2, -0.15) is 0 Å². The van der Waals surface area contributed by atoms with E-state index in [0.29, 0.717) is 0 Å². The Hall–Kier alpha value is -1.74. The molecule has 2 nitrogen and oxygen atoms in total. The SMILES string of the molecule is CC(N)(c1ccc(F)cc1)C1CCc2cccnc21. The number of nitrogens with two attached hydrogens (primary N) is 1. The van der Waals surface area contributed by atoms with Gasteiger partial charge in [-0.25, -0.2) is 4.39 Å². The van der Waals surface area contributed by atoms with Crippen LogP contribution in [0, 0.1) is 5.82 Å². The number of rotatable bonds is 2. The zero-order chi connectivity index (χ0) is 13.5. The number of aromatic nitrogens is 1. The van der Waals surface area contributed by atoms with Crippen molar-refractivity contribution >= 4 is 0 Å². The highest BCUT2D eigenvalue weighted by Crippen LogP contribution is 2.42. The number of pyridine rings is 1. The zero-order valence-electron chi connectivity index (χ0n) is 10.9. The van der Waals surface area contributed by atoms with Crippen LogP contribution in [0.25, 0.3) is 0 Å². The quantitative estimate of drug-likeness (QED) is 0.896. The molecule has 0 radical (unpaired) electrons. The number of hydrogen-bond donors (Lipinski definition) is 1. The molecular formula is C16H17FN2. The molecule has 1 aromatic heterocycles. The van der Waals surface area contributed by atoms with Crippen molar-refractivity contribution in [2.45, 2.75) is 31.2 Å². The molecule has 1 heterocycles. The second-order valence-electron chi connectivity index (χ2n) is 5.43. The maximum Gasteiger partial charge on any atom is 0.123 e. The zero-order valence-corrected chi connectivity index (χ0v) is 10.9. The molecule has 0 saturated carbocycles. The highest BCUT2D eigenvalue weighted by molar-refractivity contribution is 5.36. The molecule has 0 saturated heterocycles. The Bertz CT molecular complexity index is 590. The van der Waals surface area contributed by atoms with E-state index in [9.17, 15) is 4.39 Å². The molecule has 3 rings (SSSR count). The molecule has 0 aliphatic heterocycles. The molecule has 1 aliphatic carbocycles. The van der Waals surface area contributed by atoms with Gasteiger partial charge < -0.3 is 5.73 Å². The van der Waals surface area contributed by atoms with E-state index in [4.69, 9.17) is 5.73 Å². The van der Waals surface area contributed by atoms with Gasteiger partial charge in [-0.15, -0.1) is 0 Å². The molecule has 1 aromatic carbocycles. The summed E-state index contributed by atoms with van der Waals surface area (Å²) < 4.78 is 13.0. The van der Waals surface area contributed by atoms with Gasteiger partial charge in [-0.3, -0.25) is 4.98 Å². The molecule has 3 heteroatoms. The molecule has 1 aliphatic rings. The molecule has 0 spiro atoms. The van der Waals surface area contributed by atoms with Crippen molar-refractivity contribution in [3.05, 3.63) is 65.2 Å². The van der Waals surface area contributed by atoms with Crippen molar-refractivity contribution in [2.24, 2.45) is 5.73 Å². The first-order valence-electron chi connectivity index (χ1n) is 6.58. The van der Waals surface area contributed by atoms with Gasteiger partial charge in [-0.1, -0.05) is 18.2 Å². The van der Waals surface area contributed by atoms with Crippen molar-refractivity contribution in [1.29, 1.82) is 0 Å². The predicted octanol–water partition coefficient (Wildman–Crippen LogP) is 3.12. The minimum atomic E-state index is -0.521. The van der Waals surface area contributed by atoms with E-state index in [-0.39, 0.29) is 11.7 Å². The fourth-order valence-corrected chi connectivity index (χ4v) is 3.01. The Balaban J connectivity index is 2.00. The third-order valence-electron chi connectivity index (χ3n) is 4.15. The van der Waals surface area contributed by atoms with E-state index in [1.807, 2.05) is 19.2 Å². The van der Waals surface area contributed by atoms with Crippen molar-refractivity contribution in [1.82, 2.24) is 4.98 Å². The Morgan fingerprint density at radius 3 is 2.74 bits per heavy atom. The first-order chi connectivity index (χ1) is 9.09. The number of fused-ring (bicyclic) bond motifs is 1. The lowest BCUT2D eigenvalue weighted by atomic mass is 9.79. The predicted molar refractivity (Wildman–Crippen MR) is 73.2 cm³/mol. The molecular weight excluding hydrogens is 239 g/mol. The van der Waals surface area contributed by atoms with Crippen LogP contribution in [0.15, 0.2) is 42.6 Å². The number of benzene rings is 1. The van der Waals surface area contributed by atoms with Crippen LogP contribution in [0.1, 0.15) is 36.1 Å². The maximum absolute atomic E-state index is 13.0. The van der Waals surface area contributed by atoms with Crippen LogP contribution in [0.2, 0.25) is 0 Å². The maximum atomic E-state index is 13.0. The van der Waals surface area contributed by atoms with Crippen LogP contribution in [0.5, 0.6) is 0 Å². The molecule has 19 heavy (non-hydrogen) atoms. The summed E-state index contributed by atoms with van der Waals surface area (Å²) >= 11 is 0. The Kier molecular flexibility index (Phi) is 2.86. The molecule has 98 valence electrons. The minimum Gasteiger partial charge on any atom is -0.321 e. The van der Waals surface area contributed by atoms with E-state index < -0.39 is 5.54 Å². The fourth-order valence-electron chi connectivity index (χ4n) is 3.01. The summed E-state index contributed by atoms with van der Waals surface area (Å²) in [5.41, 5.74) is 9.36. The summed E-state index contributed by atoms with van der Waals surface area (Å²) in [4.78, 5) is 4.50. The highest BCUT2D eigenvalue weighted by Gasteiger charge is 2.38. The van der Waals surface area contributed by atoms with Crippen molar-refractivity contribution in [2.75, 3.05) is 0 Å². The molecule has 2 atom stereocenters. The third-order valence-corrected chi connectivity index (χ3v) is 4.15. The van der Waals surface area contributed by atoms with Crippen molar-refractivity contribution in [3.8, 4) is 0 Å². The standard InChI is InChI=1S/C16H17FN2/c1-16(18,12-5-7-13(17)8-6-12)14-9-4-11-3-2-10-19-15(11)14/h2-3,5-8,10,14H,4,9,18H2,1H3. The summed E-state index contributed by atoms with van der Waals surface area (Å²) in [5, 5.41) is 0. The van der Waals surface area contributed by atoms with Gasteiger partial charge in [0.2, 0.25) is 0 Å². The van der Waals surface area contributed by atoms with E-state index in [2.05, 4.69) is 11.1 Å². The van der Waals surface area contributed by atoms with Crippen LogP contribution in [-0.2, 0) is 12.0 Å². The van der Waals surface area contributed by atoms with E-state index in [1.165, 1.54) is 17.7 Å². The summed E-state index contributed by atoms with van der Waals surface area (Å²) in [7, 11) is 0. The third kappa shape index (κ3) is 2.04. The first kappa shape index (κ1) is 12.3. The molecule has 2 unspecified atom stereocenters. The minimum absolute atomic E-state index is 0.189. The largest absolute Gasteiger partial charge is 0.321 e. The molecule has 0 bridgehead atoms. The average Bonchev–Trinajstić information content (AvgIpc) is 2.83. The lowest BCUT2D eigenvalue weighted by Crippen LogP contribution is -2.39. The van der Waals surface area contributed by atoms with E-state index in [0.717, 1.165) is 24.1 Å². The van der Waals surface area contributed by atoms with Crippen LogP contribution < -0.4 is 5.73 Å². The van der Waals surface area contributed by atoms with Crippen LogP contribution in [0.4, 0.5) is 4.39 Å². The van der Waals surface area contributed by atoms with Gasteiger partial charge in [0.25, 0.3) is 0 Å². The Labute approximate surface area is 112 Å². The number of nitrogens with zero attached hydrogens (tertiary/aromatic N) is 1. The highest BCUT2D eigenvalue weighted by atomic mass is 19.1. The molecule has 0 fully saturated rings. The summed E-state index contributed by atoms with van der Waals surface area (Å²) in [6.45, 7) is 2.01. The molecule has 2 aromatic rings. The van der Waals surface area contributed by atoms with Crippen molar-refractivity contribution in [3.63, 3.8) is 0 Å². The van der Waals surface area contributed by atoms with Gasteiger partial charge in [0.1, 0.15) is 5.82 Å². The lowest BCUT2D eigenvalue weighted by molar-refractivity contribution is 0.380. The number of aryl methyl sites for hydroxylation is 1. The van der Waals surface area contributed by atoms with Gasteiger partial charge in [0.05, 0.1) is 0 Å². The lowest BCUT2D eigenvalue weighted by Gasteiger charge is -2.32. The second-order valence-corrected chi connectivity index (χ2v) is 5.43. The van der Waals surface area contributed by atoms with E-state index in [1.54, 1.807) is 12.1 Å². The van der Waals surface area contributed by atoms with Crippen LogP contribution >= 0.6 is 0 Å². The smallest absolute Gasteiger partial charge is 0.123 e. The van der Waals surface area contributed by atoms with Crippen LogP contribution in [-0.4, -0.2) is 4.98 Å². The normalized spacial score (nSPS) is 20.9. The van der Waals surface area contributed by atoms with Crippen molar-refractivity contribution < 1.29 is 4.39 Å². The second kappa shape index (κ2) is 4.42. The van der Waals surface area contributed by atoms with Gasteiger partial charge in [0.15, 0.2) is 0 Å². The Morgan fingerprint density at radius 2 is 2.00 bits per heavy atom. The van der Waals surface area contributed by atoms with Crippen LogP contribution in [0.3, 0.4) is 0 Å². The monoisotopic (exact) mass is 256 g/mol. The summed E-state index contributed by atoms with van der Waals surface area (Å²) in [5.74, 6) is -0.0429.